The van der Waals surface area contributed by atoms with E-state index in [2.05, 4.69) is 29.2 Å². The van der Waals surface area contributed by atoms with Crippen LogP contribution in [-0.2, 0) is 16.1 Å². The summed E-state index contributed by atoms with van der Waals surface area (Å²) in [7, 11) is 0. The van der Waals surface area contributed by atoms with Crippen LogP contribution in [0.3, 0.4) is 0 Å². The zero-order valence-corrected chi connectivity index (χ0v) is 11.5. The predicted octanol–water partition coefficient (Wildman–Crippen LogP) is 2.46. The van der Waals surface area contributed by atoms with Crippen molar-refractivity contribution in [3.05, 3.63) is 35.9 Å². The highest BCUT2D eigenvalue weighted by Gasteiger charge is 2.61. The largest absolute Gasteiger partial charge is 0.466 e. The number of nitrogens with zero attached hydrogens (tertiary/aromatic N) is 1. The summed E-state index contributed by atoms with van der Waals surface area (Å²) in [5.41, 5.74) is 1.59. The fourth-order valence-electron chi connectivity index (χ4n) is 3.34. The van der Waals surface area contributed by atoms with E-state index in [0.29, 0.717) is 6.61 Å². The number of rotatable bonds is 4. The highest BCUT2D eigenvalue weighted by molar-refractivity contribution is 5.77. The third kappa shape index (κ3) is 2.52. The van der Waals surface area contributed by atoms with E-state index in [-0.39, 0.29) is 17.3 Å². The van der Waals surface area contributed by atoms with Gasteiger partial charge >= 0.3 is 5.97 Å². The maximum Gasteiger partial charge on any atom is 0.309 e. The van der Waals surface area contributed by atoms with Gasteiger partial charge in [-0.25, -0.2) is 0 Å². The minimum atomic E-state index is 0.0176. The summed E-state index contributed by atoms with van der Waals surface area (Å²) in [6, 6.07) is 10.5. The average molecular weight is 259 g/mol. The molecule has 0 N–H and O–H groups in total. The first kappa shape index (κ1) is 12.7. The van der Waals surface area contributed by atoms with Crippen LogP contribution in [0, 0.1) is 11.3 Å². The van der Waals surface area contributed by atoms with Crippen molar-refractivity contribution in [3.63, 3.8) is 0 Å². The van der Waals surface area contributed by atoms with Gasteiger partial charge in [0.15, 0.2) is 0 Å². The quantitative estimate of drug-likeness (QED) is 0.778. The molecule has 2 fully saturated rings. The summed E-state index contributed by atoms with van der Waals surface area (Å²) in [5, 5.41) is 0. The Morgan fingerprint density at radius 3 is 2.95 bits per heavy atom. The number of hydrogen-bond acceptors (Lipinski definition) is 3. The van der Waals surface area contributed by atoms with Crippen molar-refractivity contribution in [2.45, 2.75) is 26.3 Å². The van der Waals surface area contributed by atoms with E-state index in [4.69, 9.17) is 4.74 Å². The van der Waals surface area contributed by atoms with E-state index >= 15 is 0 Å². The molecule has 0 unspecified atom stereocenters. The number of likely N-dealkylation sites (tertiary alicyclic amines) is 1. The fourth-order valence-corrected chi connectivity index (χ4v) is 3.34. The van der Waals surface area contributed by atoms with Crippen LogP contribution >= 0.6 is 0 Å². The van der Waals surface area contributed by atoms with E-state index in [1.165, 1.54) is 5.56 Å². The number of esters is 1. The van der Waals surface area contributed by atoms with E-state index < -0.39 is 0 Å². The van der Waals surface area contributed by atoms with Gasteiger partial charge in [-0.15, -0.1) is 0 Å². The molecular weight excluding hydrogens is 238 g/mol. The SMILES string of the molecule is CCOC(=O)[C@@H]1C[C@@]12CCN(Cc1ccccc1)C2. The normalized spacial score (nSPS) is 29.6. The lowest BCUT2D eigenvalue weighted by Gasteiger charge is -2.16. The van der Waals surface area contributed by atoms with Crippen LogP contribution in [0.2, 0.25) is 0 Å². The Hall–Kier alpha value is -1.35. The first-order chi connectivity index (χ1) is 9.23. The molecule has 3 nitrogen and oxygen atoms in total. The second kappa shape index (κ2) is 4.97. The minimum Gasteiger partial charge on any atom is -0.466 e. The lowest BCUT2D eigenvalue weighted by molar-refractivity contribution is -0.145. The molecule has 1 aromatic rings. The smallest absolute Gasteiger partial charge is 0.309 e. The van der Waals surface area contributed by atoms with Crippen LogP contribution in [0.1, 0.15) is 25.3 Å². The standard InChI is InChI=1S/C16H21NO2/c1-2-19-15(18)14-10-16(14)8-9-17(12-16)11-13-6-4-3-5-7-13/h3-7,14H,2,8-12H2,1H3/t14-,16+/m0/s1. The van der Waals surface area contributed by atoms with Crippen LogP contribution < -0.4 is 0 Å². The molecule has 1 aromatic carbocycles. The molecule has 2 aliphatic rings. The highest BCUT2D eigenvalue weighted by Crippen LogP contribution is 2.59. The van der Waals surface area contributed by atoms with Gasteiger partial charge in [0, 0.05) is 13.1 Å². The molecule has 1 aliphatic carbocycles. The lowest BCUT2D eigenvalue weighted by Crippen LogP contribution is -2.22. The first-order valence-corrected chi connectivity index (χ1v) is 7.16. The topological polar surface area (TPSA) is 29.5 Å². The van der Waals surface area contributed by atoms with Crippen LogP contribution in [0.4, 0.5) is 0 Å². The molecule has 1 heterocycles. The van der Waals surface area contributed by atoms with E-state index in [1.807, 2.05) is 13.0 Å². The molecule has 19 heavy (non-hydrogen) atoms. The second-order valence-electron chi connectivity index (χ2n) is 5.82. The Morgan fingerprint density at radius 1 is 1.42 bits per heavy atom. The molecule has 1 spiro atoms. The van der Waals surface area contributed by atoms with Gasteiger partial charge in [0.1, 0.15) is 0 Å². The van der Waals surface area contributed by atoms with Gasteiger partial charge in [-0.1, -0.05) is 30.3 Å². The second-order valence-corrected chi connectivity index (χ2v) is 5.82. The number of ether oxygens (including phenoxy) is 1. The van der Waals surface area contributed by atoms with Crippen molar-refractivity contribution in [2.75, 3.05) is 19.7 Å². The van der Waals surface area contributed by atoms with Crippen LogP contribution in [0.25, 0.3) is 0 Å². The molecule has 0 amide bonds. The Kier molecular flexibility index (Phi) is 3.31. The van der Waals surface area contributed by atoms with E-state index in [9.17, 15) is 4.79 Å². The van der Waals surface area contributed by atoms with Gasteiger partial charge in [-0.05, 0) is 37.3 Å². The molecule has 0 bridgehead atoms. The Balaban J connectivity index is 1.56. The van der Waals surface area contributed by atoms with Crippen molar-refractivity contribution >= 4 is 5.97 Å². The van der Waals surface area contributed by atoms with Gasteiger partial charge < -0.3 is 4.74 Å². The summed E-state index contributed by atoms with van der Waals surface area (Å²) in [4.78, 5) is 14.3. The molecule has 0 radical (unpaired) electrons. The molecule has 3 heteroatoms. The van der Waals surface area contributed by atoms with Gasteiger partial charge in [-0.2, -0.15) is 0 Å². The van der Waals surface area contributed by atoms with E-state index in [1.54, 1.807) is 0 Å². The molecule has 0 aromatic heterocycles. The zero-order chi connectivity index (χ0) is 13.3. The average Bonchev–Trinajstić information content (AvgIpc) is 2.97. The zero-order valence-electron chi connectivity index (χ0n) is 11.5. The minimum absolute atomic E-state index is 0.0176. The van der Waals surface area contributed by atoms with E-state index in [0.717, 1.165) is 32.5 Å². The highest BCUT2D eigenvalue weighted by atomic mass is 16.5. The molecule has 3 rings (SSSR count). The van der Waals surface area contributed by atoms with Crippen molar-refractivity contribution in [3.8, 4) is 0 Å². The number of carbonyl (C=O) groups is 1. The molecular formula is C16H21NO2. The molecule has 102 valence electrons. The monoisotopic (exact) mass is 259 g/mol. The van der Waals surface area contributed by atoms with Crippen molar-refractivity contribution < 1.29 is 9.53 Å². The molecule has 2 atom stereocenters. The Morgan fingerprint density at radius 2 is 2.21 bits per heavy atom. The predicted molar refractivity (Wildman–Crippen MR) is 73.5 cm³/mol. The van der Waals surface area contributed by atoms with Gasteiger partial charge in [0.05, 0.1) is 12.5 Å². The van der Waals surface area contributed by atoms with Crippen molar-refractivity contribution in [2.24, 2.45) is 11.3 Å². The maximum absolute atomic E-state index is 11.8. The summed E-state index contributed by atoms with van der Waals surface area (Å²) >= 11 is 0. The number of benzene rings is 1. The first-order valence-electron chi connectivity index (χ1n) is 7.16. The van der Waals surface area contributed by atoms with Gasteiger partial charge in [0.2, 0.25) is 0 Å². The number of carbonyl (C=O) groups excluding carboxylic acids is 1. The van der Waals surface area contributed by atoms with Crippen LogP contribution in [-0.4, -0.2) is 30.6 Å². The summed E-state index contributed by atoms with van der Waals surface area (Å²) < 4.78 is 5.15. The lowest BCUT2D eigenvalue weighted by atomic mass is 10.0. The van der Waals surface area contributed by atoms with Crippen LogP contribution in [0.15, 0.2) is 30.3 Å². The third-order valence-electron chi connectivity index (χ3n) is 4.47. The summed E-state index contributed by atoms with van der Waals surface area (Å²) in [6.45, 7) is 5.52. The molecule has 1 saturated carbocycles. The molecule has 1 saturated heterocycles. The maximum atomic E-state index is 11.8. The van der Waals surface area contributed by atoms with Crippen molar-refractivity contribution in [1.82, 2.24) is 4.90 Å². The summed E-state index contributed by atoms with van der Waals surface area (Å²) in [5.74, 6) is 0.178. The third-order valence-corrected chi connectivity index (χ3v) is 4.47. The number of hydrogen-bond donors (Lipinski definition) is 0. The van der Waals surface area contributed by atoms with Gasteiger partial charge in [0.25, 0.3) is 0 Å². The summed E-state index contributed by atoms with van der Waals surface area (Å²) in [6.07, 6.45) is 2.17. The van der Waals surface area contributed by atoms with Crippen LogP contribution in [0.5, 0.6) is 0 Å². The Bertz CT molecular complexity index is 459. The van der Waals surface area contributed by atoms with Crippen molar-refractivity contribution in [1.29, 1.82) is 0 Å². The van der Waals surface area contributed by atoms with Gasteiger partial charge in [-0.3, -0.25) is 9.69 Å². The Labute approximate surface area is 114 Å². The fraction of sp³-hybridized carbons (Fsp3) is 0.562. The molecule has 1 aliphatic heterocycles.